The van der Waals surface area contributed by atoms with Crippen molar-refractivity contribution in [2.24, 2.45) is 0 Å². The standard InChI is InChI=1S/C15H11Cl2N3O/c1-9-2-3-10(8-18)6-14(9)20-15(21)19-11-4-5-12(16)13(17)7-11/h2-7H,1H3,(H2,19,20,21). The van der Waals surface area contributed by atoms with Gasteiger partial charge in [0.1, 0.15) is 0 Å². The summed E-state index contributed by atoms with van der Waals surface area (Å²) >= 11 is 11.7. The topological polar surface area (TPSA) is 64.9 Å². The number of amides is 2. The number of rotatable bonds is 2. The van der Waals surface area contributed by atoms with Gasteiger partial charge in [-0.25, -0.2) is 4.79 Å². The van der Waals surface area contributed by atoms with E-state index in [-0.39, 0.29) is 0 Å². The van der Waals surface area contributed by atoms with Gasteiger partial charge in [0.05, 0.1) is 21.7 Å². The van der Waals surface area contributed by atoms with Crippen molar-refractivity contribution in [2.75, 3.05) is 10.6 Å². The summed E-state index contributed by atoms with van der Waals surface area (Å²) < 4.78 is 0. The number of nitrogens with zero attached hydrogens (tertiary/aromatic N) is 1. The highest BCUT2D eigenvalue weighted by atomic mass is 35.5. The van der Waals surface area contributed by atoms with Crippen molar-refractivity contribution in [3.63, 3.8) is 0 Å². The molecule has 0 spiro atoms. The molecule has 0 saturated carbocycles. The molecular weight excluding hydrogens is 309 g/mol. The number of carbonyl (C=O) groups is 1. The van der Waals surface area contributed by atoms with Crippen LogP contribution in [-0.2, 0) is 0 Å². The van der Waals surface area contributed by atoms with Crippen molar-refractivity contribution in [3.8, 4) is 6.07 Å². The summed E-state index contributed by atoms with van der Waals surface area (Å²) in [6.45, 7) is 1.84. The summed E-state index contributed by atoms with van der Waals surface area (Å²) in [6, 6.07) is 11.5. The van der Waals surface area contributed by atoms with E-state index >= 15 is 0 Å². The minimum atomic E-state index is -0.424. The zero-order valence-corrected chi connectivity index (χ0v) is 12.6. The van der Waals surface area contributed by atoms with Gasteiger partial charge in [-0.2, -0.15) is 5.26 Å². The van der Waals surface area contributed by atoms with Crippen molar-refractivity contribution in [1.29, 1.82) is 5.26 Å². The Kier molecular flexibility index (Phi) is 4.69. The zero-order valence-electron chi connectivity index (χ0n) is 11.1. The third-order valence-corrected chi connectivity index (χ3v) is 3.53. The SMILES string of the molecule is Cc1ccc(C#N)cc1NC(=O)Nc1ccc(Cl)c(Cl)c1. The Morgan fingerprint density at radius 1 is 1.10 bits per heavy atom. The molecule has 2 amide bonds. The smallest absolute Gasteiger partial charge is 0.308 e. The quantitative estimate of drug-likeness (QED) is 0.833. The average molecular weight is 320 g/mol. The van der Waals surface area contributed by atoms with Gasteiger partial charge in [-0.05, 0) is 42.8 Å². The molecule has 0 aliphatic carbocycles. The van der Waals surface area contributed by atoms with Gasteiger partial charge in [-0.1, -0.05) is 29.3 Å². The van der Waals surface area contributed by atoms with Crippen LogP contribution in [0.15, 0.2) is 36.4 Å². The Morgan fingerprint density at radius 2 is 1.86 bits per heavy atom. The van der Waals surface area contributed by atoms with Crippen LogP contribution >= 0.6 is 23.2 Å². The highest BCUT2D eigenvalue weighted by molar-refractivity contribution is 6.42. The van der Waals surface area contributed by atoms with Crippen molar-refractivity contribution in [1.82, 2.24) is 0 Å². The van der Waals surface area contributed by atoms with Gasteiger partial charge < -0.3 is 10.6 Å². The van der Waals surface area contributed by atoms with E-state index < -0.39 is 6.03 Å². The third kappa shape index (κ3) is 3.88. The lowest BCUT2D eigenvalue weighted by Gasteiger charge is -2.10. The fourth-order valence-electron chi connectivity index (χ4n) is 1.68. The minimum absolute atomic E-state index is 0.358. The first-order chi connectivity index (χ1) is 9.99. The van der Waals surface area contributed by atoms with Crippen molar-refractivity contribution in [2.45, 2.75) is 6.92 Å². The Labute approximate surface area is 132 Å². The van der Waals surface area contributed by atoms with Gasteiger partial charge in [0.15, 0.2) is 0 Å². The summed E-state index contributed by atoms with van der Waals surface area (Å²) in [5.41, 5.74) is 2.44. The fourth-order valence-corrected chi connectivity index (χ4v) is 1.98. The Morgan fingerprint density at radius 3 is 2.52 bits per heavy atom. The molecule has 0 fully saturated rings. The van der Waals surface area contributed by atoms with Gasteiger partial charge in [0.25, 0.3) is 0 Å². The molecule has 0 unspecified atom stereocenters. The number of halogens is 2. The number of aryl methyl sites for hydroxylation is 1. The second-order valence-corrected chi connectivity index (χ2v) is 5.16. The molecule has 21 heavy (non-hydrogen) atoms. The van der Waals surface area contributed by atoms with Gasteiger partial charge in [0, 0.05) is 11.4 Å². The van der Waals surface area contributed by atoms with E-state index in [1.165, 1.54) is 0 Å². The lowest BCUT2D eigenvalue weighted by Crippen LogP contribution is -2.20. The van der Waals surface area contributed by atoms with Gasteiger partial charge in [0.2, 0.25) is 0 Å². The van der Waals surface area contributed by atoms with Crippen LogP contribution in [0.4, 0.5) is 16.2 Å². The number of hydrogen-bond acceptors (Lipinski definition) is 2. The lowest BCUT2D eigenvalue weighted by molar-refractivity contribution is 0.262. The lowest BCUT2D eigenvalue weighted by atomic mass is 10.1. The summed E-state index contributed by atoms with van der Waals surface area (Å²) in [5, 5.41) is 15.0. The van der Waals surface area contributed by atoms with E-state index in [0.717, 1.165) is 5.56 Å². The molecule has 0 heterocycles. The molecular formula is C15H11Cl2N3O. The van der Waals surface area contributed by atoms with Crippen LogP contribution in [0.2, 0.25) is 10.0 Å². The van der Waals surface area contributed by atoms with E-state index in [1.54, 1.807) is 36.4 Å². The van der Waals surface area contributed by atoms with Crippen LogP contribution in [0.25, 0.3) is 0 Å². The molecule has 2 rings (SSSR count). The first kappa shape index (κ1) is 15.2. The predicted octanol–water partition coefficient (Wildman–Crippen LogP) is 4.82. The predicted molar refractivity (Wildman–Crippen MR) is 85.0 cm³/mol. The van der Waals surface area contributed by atoms with Gasteiger partial charge in [-0.3, -0.25) is 0 Å². The number of nitriles is 1. The van der Waals surface area contributed by atoms with Crippen LogP contribution in [0, 0.1) is 18.3 Å². The average Bonchev–Trinajstić information content (AvgIpc) is 2.45. The molecule has 2 aromatic carbocycles. The molecule has 6 heteroatoms. The number of carbonyl (C=O) groups excluding carboxylic acids is 1. The molecule has 106 valence electrons. The van der Waals surface area contributed by atoms with E-state index in [1.807, 2.05) is 13.0 Å². The van der Waals surface area contributed by atoms with E-state index in [9.17, 15) is 4.79 Å². The van der Waals surface area contributed by atoms with Crippen LogP contribution in [0.5, 0.6) is 0 Å². The molecule has 0 radical (unpaired) electrons. The number of anilines is 2. The molecule has 0 aliphatic rings. The molecule has 0 aliphatic heterocycles. The van der Waals surface area contributed by atoms with Crippen LogP contribution in [0.1, 0.15) is 11.1 Å². The van der Waals surface area contributed by atoms with E-state index in [4.69, 9.17) is 28.5 Å². The normalized spacial score (nSPS) is 9.81. The Bertz CT molecular complexity index is 738. The molecule has 4 nitrogen and oxygen atoms in total. The number of urea groups is 1. The van der Waals surface area contributed by atoms with E-state index in [0.29, 0.717) is 27.0 Å². The van der Waals surface area contributed by atoms with Crippen LogP contribution in [0.3, 0.4) is 0 Å². The van der Waals surface area contributed by atoms with Crippen molar-refractivity contribution in [3.05, 3.63) is 57.6 Å². The van der Waals surface area contributed by atoms with Gasteiger partial charge in [-0.15, -0.1) is 0 Å². The van der Waals surface area contributed by atoms with Crippen LogP contribution < -0.4 is 10.6 Å². The Hall–Kier alpha value is -2.22. The largest absolute Gasteiger partial charge is 0.323 e. The van der Waals surface area contributed by atoms with Crippen molar-refractivity contribution < 1.29 is 4.79 Å². The molecule has 0 atom stereocenters. The molecule has 0 bridgehead atoms. The highest BCUT2D eigenvalue weighted by Gasteiger charge is 2.07. The number of benzene rings is 2. The third-order valence-electron chi connectivity index (χ3n) is 2.79. The summed E-state index contributed by atoms with van der Waals surface area (Å²) in [5.74, 6) is 0. The molecule has 2 N–H and O–H groups in total. The summed E-state index contributed by atoms with van der Waals surface area (Å²) in [7, 11) is 0. The monoisotopic (exact) mass is 319 g/mol. The fraction of sp³-hybridized carbons (Fsp3) is 0.0667. The first-order valence-corrected chi connectivity index (χ1v) is 6.79. The van der Waals surface area contributed by atoms with Crippen molar-refractivity contribution >= 4 is 40.6 Å². The second-order valence-electron chi connectivity index (χ2n) is 4.35. The maximum Gasteiger partial charge on any atom is 0.323 e. The summed E-state index contributed by atoms with van der Waals surface area (Å²) in [6.07, 6.45) is 0. The highest BCUT2D eigenvalue weighted by Crippen LogP contribution is 2.25. The van der Waals surface area contributed by atoms with E-state index in [2.05, 4.69) is 10.6 Å². The molecule has 2 aromatic rings. The zero-order chi connectivity index (χ0) is 15.4. The molecule has 0 aromatic heterocycles. The van der Waals surface area contributed by atoms with Gasteiger partial charge >= 0.3 is 6.03 Å². The second kappa shape index (κ2) is 6.49. The number of nitrogens with one attached hydrogen (secondary N) is 2. The van der Waals surface area contributed by atoms with Crippen LogP contribution in [-0.4, -0.2) is 6.03 Å². The Balaban J connectivity index is 2.11. The first-order valence-electron chi connectivity index (χ1n) is 6.03. The maximum absolute atomic E-state index is 11.9. The minimum Gasteiger partial charge on any atom is -0.308 e. The maximum atomic E-state index is 11.9. The molecule has 0 saturated heterocycles. The summed E-state index contributed by atoms with van der Waals surface area (Å²) in [4.78, 5) is 11.9. The number of hydrogen-bond donors (Lipinski definition) is 2.